The minimum Gasteiger partial charge on any atom is -0.465 e. The number of hydrogen-bond donors (Lipinski definition) is 0. The van der Waals surface area contributed by atoms with Crippen LogP contribution in [-0.4, -0.2) is 12.6 Å². The van der Waals surface area contributed by atoms with Crippen molar-refractivity contribution < 1.29 is 9.53 Å². The van der Waals surface area contributed by atoms with Crippen LogP contribution in [0.15, 0.2) is 0 Å². The average Bonchev–Trinajstić information content (AvgIpc) is 2.76. The lowest BCUT2D eigenvalue weighted by Crippen LogP contribution is -2.21. The van der Waals surface area contributed by atoms with E-state index in [1.54, 1.807) is 0 Å². The molecule has 0 amide bonds. The van der Waals surface area contributed by atoms with Crippen LogP contribution in [0.3, 0.4) is 0 Å². The topological polar surface area (TPSA) is 26.3 Å². The molecule has 0 aliphatic rings. The number of hydrogen-bond acceptors (Lipinski definition) is 2. The number of rotatable bonds is 23. The Bertz CT molecular complexity index is 353. The van der Waals surface area contributed by atoms with Crippen LogP contribution < -0.4 is 0 Å². The lowest BCUT2D eigenvalue weighted by Gasteiger charge is -2.18. The number of carbonyl (C=O) groups is 1. The van der Waals surface area contributed by atoms with Crippen molar-refractivity contribution in [2.24, 2.45) is 11.8 Å². The minimum atomic E-state index is 0.0646. The van der Waals surface area contributed by atoms with Gasteiger partial charge in [-0.15, -0.1) is 0 Å². The van der Waals surface area contributed by atoms with E-state index < -0.39 is 0 Å². The Balaban J connectivity index is 3.79. The third-order valence-corrected chi connectivity index (χ3v) is 6.74. The van der Waals surface area contributed by atoms with Crippen molar-refractivity contribution in [1.82, 2.24) is 0 Å². The number of esters is 1. The van der Waals surface area contributed by atoms with Gasteiger partial charge in [-0.05, 0) is 25.2 Å². The van der Waals surface area contributed by atoms with Crippen LogP contribution >= 0.6 is 0 Å². The summed E-state index contributed by atoms with van der Waals surface area (Å²) in [6, 6.07) is 0. The highest BCUT2D eigenvalue weighted by Crippen LogP contribution is 2.20. The van der Waals surface area contributed by atoms with Gasteiger partial charge in [0.2, 0.25) is 0 Å². The van der Waals surface area contributed by atoms with E-state index in [0.29, 0.717) is 12.5 Å². The summed E-state index contributed by atoms with van der Waals surface area (Å²) >= 11 is 0. The van der Waals surface area contributed by atoms with Crippen LogP contribution in [0, 0.1) is 11.8 Å². The highest BCUT2D eigenvalue weighted by Gasteiger charge is 2.19. The van der Waals surface area contributed by atoms with Gasteiger partial charge in [0.05, 0.1) is 12.5 Å². The first-order valence-corrected chi connectivity index (χ1v) is 13.9. The van der Waals surface area contributed by atoms with E-state index in [1.807, 2.05) is 0 Å². The summed E-state index contributed by atoms with van der Waals surface area (Å²) in [5, 5.41) is 0. The Morgan fingerprint density at radius 3 is 1.43 bits per heavy atom. The fourth-order valence-corrected chi connectivity index (χ4v) is 4.30. The summed E-state index contributed by atoms with van der Waals surface area (Å²) in [6.07, 6.45) is 25.8. The summed E-state index contributed by atoms with van der Waals surface area (Å²) in [5.74, 6) is 0.732. The smallest absolute Gasteiger partial charge is 0.308 e. The Morgan fingerprint density at radius 1 is 0.567 bits per heavy atom. The molecule has 0 saturated heterocycles. The van der Waals surface area contributed by atoms with Gasteiger partial charge in [0.25, 0.3) is 0 Å². The summed E-state index contributed by atoms with van der Waals surface area (Å²) < 4.78 is 5.75. The van der Waals surface area contributed by atoms with E-state index in [0.717, 1.165) is 19.3 Å². The molecule has 2 nitrogen and oxygen atoms in total. The summed E-state index contributed by atoms with van der Waals surface area (Å²) in [4.78, 5) is 12.5. The average molecular weight is 425 g/mol. The van der Waals surface area contributed by atoms with Crippen LogP contribution in [0.2, 0.25) is 0 Å². The van der Waals surface area contributed by atoms with Crippen LogP contribution in [-0.2, 0) is 9.53 Å². The molecule has 0 aromatic carbocycles. The van der Waals surface area contributed by atoms with Crippen molar-refractivity contribution in [2.75, 3.05) is 6.61 Å². The van der Waals surface area contributed by atoms with Gasteiger partial charge in [-0.3, -0.25) is 4.79 Å². The van der Waals surface area contributed by atoms with Gasteiger partial charge in [-0.25, -0.2) is 0 Å². The molecule has 30 heavy (non-hydrogen) atoms. The Kier molecular flexibility index (Phi) is 22.7. The molecular formula is C28H56O2. The van der Waals surface area contributed by atoms with E-state index in [1.165, 1.54) is 109 Å². The molecule has 0 aromatic rings. The SMILES string of the molecule is CCCCCCCCCCC(CC)COC(=O)C(CC)CCCCCCCCCC. The van der Waals surface area contributed by atoms with Crippen LogP contribution in [0.4, 0.5) is 0 Å². The molecule has 0 heterocycles. The lowest BCUT2D eigenvalue weighted by molar-refractivity contribution is -0.150. The molecule has 0 spiro atoms. The lowest BCUT2D eigenvalue weighted by atomic mass is 9.97. The van der Waals surface area contributed by atoms with E-state index in [-0.39, 0.29) is 11.9 Å². The third kappa shape index (κ3) is 18.3. The van der Waals surface area contributed by atoms with Crippen molar-refractivity contribution in [2.45, 2.75) is 156 Å². The molecule has 0 rings (SSSR count). The van der Waals surface area contributed by atoms with Crippen molar-refractivity contribution in [3.05, 3.63) is 0 Å². The largest absolute Gasteiger partial charge is 0.465 e. The normalized spacial score (nSPS) is 13.3. The Morgan fingerprint density at radius 2 is 1.00 bits per heavy atom. The van der Waals surface area contributed by atoms with Gasteiger partial charge in [0.1, 0.15) is 0 Å². The quantitative estimate of drug-likeness (QED) is 0.120. The predicted octanol–water partition coefficient (Wildman–Crippen LogP) is 9.64. The maximum atomic E-state index is 12.5. The number of carbonyl (C=O) groups excluding carboxylic acids is 1. The first kappa shape index (κ1) is 29.5. The second-order valence-corrected chi connectivity index (χ2v) is 9.54. The third-order valence-electron chi connectivity index (χ3n) is 6.74. The van der Waals surface area contributed by atoms with E-state index in [2.05, 4.69) is 27.7 Å². The van der Waals surface area contributed by atoms with Crippen molar-refractivity contribution in [3.63, 3.8) is 0 Å². The molecule has 0 aromatic heterocycles. The molecule has 2 atom stereocenters. The van der Waals surface area contributed by atoms with Crippen LogP contribution in [0.5, 0.6) is 0 Å². The molecule has 0 aliphatic heterocycles. The van der Waals surface area contributed by atoms with Gasteiger partial charge in [-0.2, -0.15) is 0 Å². The van der Waals surface area contributed by atoms with E-state index in [4.69, 9.17) is 4.74 Å². The summed E-state index contributed by atoms with van der Waals surface area (Å²) in [7, 11) is 0. The van der Waals surface area contributed by atoms with E-state index >= 15 is 0 Å². The van der Waals surface area contributed by atoms with Crippen molar-refractivity contribution in [1.29, 1.82) is 0 Å². The molecule has 2 unspecified atom stereocenters. The molecule has 0 aliphatic carbocycles. The zero-order chi connectivity index (χ0) is 22.3. The molecular weight excluding hydrogens is 368 g/mol. The zero-order valence-corrected chi connectivity index (χ0v) is 21.3. The Hall–Kier alpha value is -0.530. The Labute approximate surface area is 190 Å². The molecule has 0 N–H and O–H groups in total. The van der Waals surface area contributed by atoms with Crippen molar-refractivity contribution >= 4 is 5.97 Å². The van der Waals surface area contributed by atoms with Gasteiger partial charge in [-0.1, -0.05) is 137 Å². The van der Waals surface area contributed by atoms with E-state index in [9.17, 15) is 4.79 Å². The van der Waals surface area contributed by atoms with Gasteiger partial charge in [0, 0.05) is 0 Å². The van der Waals surface area contributed by atoms with Gasteiger partial charge < -0.3 is 4.74 Å². The zero-order valence-electron chi connectivity index (χ0n) is 21.3. The minimum absolute atomic E-state index is 0.0646. The second kappa shape index (κ2) is 23.1. The fraction of sp³-hybridized carbons (Fsp3) is 0.964. The number of ether oxygens (including phenoxy) is 1. The molecule has 0 saturated carbocycles. The monoisotopic (exact) mass is 424 g/mol. The summed E-state index contributed by atoms with van der Waals surface area (Å²) in [6.45, 7) is 9.55. The molecule has 2 heteroatoms. The first-order valence-electron chi connectivity index (χ1n) is 13.9. The maximum absolute atomic E-state index is 12.5. The summed E-state index contributed by atoms with van der Waals surface area (Å²) in [5.41, 5.74) is 0. The molecule has 0 radical (unpaired) electrons. The van der Waals surface area contributed by atoms with Crippen LogP contribution in [0.25, 0.3) is 0 Å². The second-order valence-electron chi connectivity index (χ2n) is 9.54. The van der Waals surface area contributed by atoms with Gasteiger partial charge >= 0.3 is 5.97 Å². The molecule has 0 fully saturated rings. The number of unbranched alkanes of at least 4 members (excludes halogenated alkanes) is 14. The molecule has 0 bridgehead atoms. The first-order chi connectivity index (χ1) is 14.7. The maximum Gasteiger partial charge on any atom is 0.308 e. The predicted molar refractivity (Wildman–Crippen MR) is 133 cm³/mol. The molecule has 180 valence electrons. The fourth-order valence-electron chi connectivity index (χ4n) is 4.30. The van der Waals surface area contributed by atoms with Crippen molar-refractivity contribution in [3.8, 4) is 0 Å². The highest BCUT2D eigenvalue weighted by atomic mass is 16.5. The van der Waals surface area contributed by atoms with Gasteiger partial charge in [0.15, 0.2) is 0 Å². The van der Waals surface area contributed by atoms with Crippen LogP contribution in [0.1, 0.15) is 156 Å². The standard InChI is InChI=1S/C28H56O2/c1-5-9-11-13-15-17-19-21-23-26(7-3)25-30-28(29)27(8-4)24-22-20-18-16-14-12-10-6-2/h26-27H,5-25H2,1-4H3. The highest BCUT2D eigenvalue weighted by molar-refractivity contribution is 5.72.